The molecule has 0 aliphatic rings. The molecule has 0 saturated carbocycles. The van der Waals surface area contributed by atoms with Crippen LogP contribution in [0.3, 0.4) is 0 Å². The molecule has 1 aromatic heterocycles. The molecular weight excluding hydrogens is 306 g/mol. The summed E-state index contributed by atoms with van der Waals surface area (Å²) in [6.45, 7) is 5.94. The van der Waals surface area contributed by atoms with E-state index in [1.54, 1.807) is 39.0 Å². The van der Waals surface area contributed by atoms with Crippen molar-refractivity contribution in [1.82, 2.24) is 14.9 Å². The number of rotatable bonds is 3. The van der Waals surface area contributed by atoms with Crippen molar-refractivity contribution in [3.63, 3.8) is 0 Å². The van der Waals surface area contributed by atoms with Gasteiger partial charge < -0.3 is 10.1 Å². The average Bonchev–Trinajstić information content (AvgIpc) is 2.39. The van der Waals surface area contributed by atoms with Crippen LogP contribution in [-0.2, 0) is 11.3 Å². The van der Waals surface area contributed by atoms with E-state index in [1.165, 1.54) is 10.9 Å². The molecule has 22 heavy (non-hydrogen) atoms. The van der Waals surface area contributed by atoms with Crippen molar-refractivity contribution in [2.24, 2.45) is 0 Å². The van der Waals surface area contributed by atoms with Crippen LogP contribution in [0.25, 0.3) is 10.9 Å². The molecule has 1 N–H and O–H groups in total. The first-order chi connectivity index (χ1) is 10.3. The van der Waals surface area contributed by atoms with Crippen molar-refractivity contribution in [2.45, 2.75) is 32.9 Å². The van der Waals surface area contributed by atoms with Gasteiger partial charge in [-0.3, -0.25) is 9.36 Å². The van der Waals surface area contributed by atoms with Gasteiger partial charge in [0, 0.05) is 18.1 Å². The van der Waals surface area contributed by atoms with Crippen molar-refractivity contribution in [3.8, 4) is 0 Å². The van der Waals surface area contributed by atoms with E-state index in [1.807, 2.05) is 0 Å². The number of nitrogens with zero attached hydrogens (tertiary/aromatic N) is 2. The summed E-state index contributed by atoms with van der Waals surface area (Å²) < 4.78 is 6.56. The zero-order chi connectivity index (χ0) is 16.3. The predicted molar refractivity (Wildman–Crippen MR) is 85.2 cm³/mol. The number of alkyl carbamates (subject to hydrolysis) is 1. The van der Waals surface area contributed by atoms with E-state index in [0.29, 0.717) is 22.5 Å². The Morgan fingerprint density at radius 1 is 1.41 bits per heavy atom. The minimum atomic E-state index is -0.551. The van der Waals surface area contributed by atoms with Gasteiger partial charge in [-0.2, -0.15) is 0 Å². The van der Waals surface area contributed by atoms with Crippen molar-refractivity contribution in [2.75, 3.05) is 6.54 Å². The minimum Gasteiger partial charge on any atom is -0.444 e. The van der Waals surface area contributed by atoms with Gasteiger partial charge in [0.1, 0.15) is 5.60 Å². The van der Waals surface area contributed by atoms with Crippen molar-refractivity contribution >= 4 is 28.6 Å². The first-order valence-corrected chi connectivity index (χ1v) is 7.25. The van der Waals surface area contributed by atoms with Crippen LogP contribution in [0, 0.1) is 0 Å². The highest BCUT2D eigenvalue weighted by Crippen LogP contribution is 2.14. The zero-order valence-electron chi connectivity index (χ0n) is 12.7. The molecule has 0 aliphatic heterocycles. The fraction of sp³-hybridized carbons (Fsp3) is 0.400. The third-order valence-electron chi connectivity index (χ3n) is 2.81. The summed E-state index contributed by atoms with van der Waals surface area (Å²) in [4.78, 5) is 28.0. The van der Waals surface area contributed by atoms with Crippen LogP contribution in [0.1, 0.15) is 20.8 Å². The van der Waals surface area contributed by atoms with Gasteiger partial charge in [-0.25, -0.2) is 9.78 Å². The molecule has 0 atom stereocenters. The second-order valence-corrected chi connectivity index (χ2v) is 6.27. The lowest BCUT2D eigenvalue weighted by Gasteiger charge is -2.19. The predicted octanol–water partition coefficient (Wildman–Crippen LogP) is 2.57. The smallest absolute Gasteiger partial charge is 0.407 e. The van der Waals surface area contributed by atoms with Crippen LogP contribution in [0.2, 0.25) is 5.02 Å². The number of ether oxygens (including phenoxy) is 1. The first kappa shape index (κ1) is 16.3. The van der Waals surface area contributed by atoms with Gasteiger partial charge in [0.25, 0.3) is 5.56 Å². The molecular formula is C15H18ClN3O3. The monoisotopic (exact) mass is 323 g/mol. The Labute approximate surface area is 133 Å². The number of benzene rings is 1. The lowest BCUT2D eigenvalue weighted by atomic mass is 10.2. The van der Waals surface area contributed by atoms with Crippen LogP contribution in [0.4, 0.5) is 4.79 Å². The van der Waals surface area contributed by atoms with E-state index in [-0.39, 0.29) is 12.1 Å². The number of nitrogens with one attached hydrogen (secondary N) is 1. The highest BCUT2D eigenvalue weighted by atomic mass is 35.5. The molecule has 7 heteroatoms. The molecule has 118 valence electrons. The number of fused-ring (bicyclic) bond motifs is 1. The number of aromatic nitrogens is 2. The topological polar surface area (TPSA) is 73.2 Å². The lowest BCUT2D eigenvalue weighted by molar-refractivity contribution is 0.0526. The Balaban J connectivity index is 2.04. The molecule has 2 rings (SSSR count). The molecule has 1 amide bonds. The number of amides is 1. The maximum atomic E-state index is 12.3. The van der Waals surface area contributed by atoms with Crippen LogP contribution in [0.15, 0.2) is 29.3 Å². The average molecular weight is 324 g/mol. The van der Waals surface area contributed by atoms with Gasteiger partial charge in [0.2, 0.25) is 0 Å². The Hall–Kier alpha value is -2.08. The molecule has 1 heterocycles. The van der Waals surface area contributed by atoms with E-state index >= 15 is 0 Å². The molecule has 2 aromatic rings. The summed E-state index contributed by atoms with van der Waals surface area (Å²) in [6, 6.07) is 4.93. The van der Waals surface area contributed by atoms with Gasteiger partial charge >= 0.3 is 6.09 Å². The third kappa shape index (κ3) is 4.21. The van der Waals surface area contributed by atoms with Crippen LogP contribution in [0.5, 0.6) is 0 Å². The summed E-state index contributed by atoms with van der Waals surface area (Å²) >= 11 is 5.87. The maximum absolute atomic E-state index is 12.3. The van der Waals surface area contributed by atoms with Crippen molar-refractivity contribution in [3.05, 3.63) is 39.9 Å². The van der Waals surface area contributed by atoms with Gasteiger partial charge in [-0.15, -0.1) is 0 Å². The SMILES string of the molecule is CC(C)(C)OC(=O)NCCn1cnc2cc(Cl)ccc2c1=O. The van der Waals surface area contributed by atoms with Crippen LogP contribution >= 0.6 is 11.6 Å². The minimum absolute atomic E-state index is 0.173. The number of hydrogen-bond acceptors (Lipinski definition) is 4. The van der Waals surface area contributed by atoms with Gasteiger partial charge in [0.05, 0.1) is 17.2 Å². The van der Waals surface area contributed by atoms with Gasteiger partial charge in [-0.1, -0.05) is 11.6 Å². The highest BCUT2D eigenvalue weighted by Gasteiger charge is 2.15. The maximum Gasteiger partial charge on any atom is 0.407 e. The fourth-order valence-electron chi connectivity index (χ4n) is 1.88. The first-order valence-electron chi connectivity index (χ1n) is 6.88. The number of halogens is 1. The van der Waals surface area contributed by atoms with E-state index in [4.69, 9.17) is 16.3 Å². The molecule has 0 fully saturated rings. The number of hydrogen-bond donors (Lipinski definition) is 1. The zero-order valence-corrected chi connectivity index (χ0v) is 13.5. The molecule has 1 aromatic carbocycles. The second kappa shape index (κ2) is 6.36. The Bertz CT molecular complexity index is 750. The summed E-state index contributed by atoms with van der Waals surface area (Å²) in [7, 11) is 0. The van der Waals surface area contributed by atoms with Crippen LogP contribution < -0.4 is 10.9 Å². The van der Waals surface area contributed by atoms with Gasteiger partial charge in [-0.05, 0) is 39.0 Å². The highest BCUT2D eigenvalue weighted by molar-refractivity contribution is 6.31. The third-order valence-corrected chi connectivity index (χ3v) is 3.04. The molecule has 0 unspecified atom stereocenters. The number of carbonyl (C=O) groups excluding carboxylic acids is 1. The Morgan fingerprint density at radius 3 is 2.82 bits per heavy atom. The standard InChI is InChI=1S/C15H18ClN3O3/c1-15(2,3)22-14(21)17-6-7-19-9-18-12-8-10(16)4-5-11(12)13(19)20/h4-5,8-9H,6-7H2,1-3H3,(H,17,21). The molecule has 0 aliphatic carbocycles. The second-order valence-electron chi connectivity index (χ2n) is 5.83. The summed E-state index contributed by atoms with van der Waals surface area (Å²) in [5, 5.41) is 3.62. The van der Waals surface area contributed by atoms with E-state index < -0.39 is 11.7 Å². The summed E-state index contributed by atoms with van der Waals surface area (Å²) in [6.07, 6.45) is 0.929. The quantitative estimate of drug-likeness (QED) is 0.942. The fourth-order valence-corrected chi connectivity index (χ4v) is 2.05. The van der Waals surface area contributed by atoms with Crippen LogP contribution in [-0.4, -0.2) is 27.8 Å². The normalized spacial score (nSPS) is 11.5. The van der Waals surface area contributed by atoms with Crippen molar-refractivity contribution < 1.29 is 9.53 Å². The van der Waals surface area contributed by atoms with Crippen molar-refractivity contribution in [1.29, 1.82) is 0 Å². The largest absolute Gasteiger partial charge is 0.444 e. The van der Waals surface area contributed by atoms with E-state index in [0.717, 1.165) is 0 Å². The molecule has 6 nitrogen and oxygen atoms in total. The van der Waals surface area contributed by atoms with E-state index in [2.05, 4.69) is 10.3 Å². The van der Waals surface area contributed by atoms with Gasteiger partial charge in [0.15, 0.2) is 0 Å². The molecule has 0 radical (unpaired) electrons. The molecule has 0 bridgehead atoms. The Morgan fingerprint density at radius 2 is 2.14 bits per heavy atom. The number of carbonyl (C=O) groups is 1. The molecule has 0 saturated heterocycles. The Kier molecular flexibility index (Phi) is 4.71. The lowest BCUT2D eigenvalue weighted by Crippen LogP contribution is -2.35. The molecule has 0 spiro atoms. The summed E-state index contributed by atoms with van der Waals surface area (Å²) in [5.74, 6) is 0. The van der Waals surface area contributed by atoms with E-state index in [9.17, 15) is 9.59 Å². The summed E-state index contributed by atoms with van der Waals surface area (Å²) in [5.41, 5.74) is -0.175.